The van der Waals surface area contributed by atoms with Gasteiger partial charge < -0.3 is 5.73 Å². The van der Waals surface area contributed by atoms with Crippen LogP contribution in [0.5, 0.6) is 0 Å². The Balaban J connectivity index is 2.34. The van der Waals surface area contributed by atoms with E-state index in [4.69, 9.17) is 5.73 Å². The van der Waals surface area contributed by atoms with Crippen molar-refractivity contribution in [1.82, 2.24) is 15.2 Å². The predicted molar refractivity (Wildman–Crippen MR) is 51.0 cm³/mol. The molecule has 0 aliphatic heterocycles. The van der Waals surface area contributed by atoms with Crippen molar-refractivity contribution in [2.75, 3.05) is 0 Å². The first-order valence-electron chi connectivity index (χ1n) is 3.94. The standard InChI is InChI=1S/C8H7FN4S/c9-5-1-2-6(11-4-5)8-13-12-7(3-10)14-8/h1-2,4H,3,10H2. The van der Waals surface area contributed by atoms with Gasteiger partial charge in [-0.25, -0.2) is 4.39 Å². The van der Waals surface area contributed by atoms with Crippen LogP contribution in [0.4, 0.5) is 4.39 Å². The SMILES string of the molecule is NCc1nnc(-c2ccc(F)cn2)s1. The van der Waals surface area contributed by atoms with E-state index in [0.717, 1.165) is 11.2 Å². The van der Waals surface area contributed by atoms with Crippen LogP contribution >= 0.6 is 11.3 Å². The van der Waals surface area contributed by atoms with Crippen molar-refractivity contribution < 1.29 is 4.39 Å². The van der Waals surface area contributed by atoms with E-state index in [1.54, 1.807) is 6.07 Å². The molecule has 2 N–H and O–H groups in total. The van der Waals surface area contributed by atoms with Gasteiger partial charge >= 0.3 is 0 Å². The highest BCUT2D eigenvalue weighted by Gasteiger charge is 2.06. The van der Waals surface area contributed by atoms with Gasteiger partial charge in [-0.1, -0.05) is 11.3 Å². The van der Waals surface area contributed by atoms with Gasteiger partial charge in [0.25, 0.3) is 0 Å². The molecule has 0 aliphatic carbocycles. The fourth-order valence-corrected chi connectivity index (χ4v) is 1.64. The molecule has 0 aromatic carbocycles. The number of rotatable bonds is 2. The van der Waals surface area contributed by atoms with Crippen LogP contribution < -0.4 is 5.73 Å². The van der Waals surface area contributed by atoms with Gasteiger partial charge in [-0.05, 0) is 12.1 Å². The van der Waals surface area contributed by atoms with Gasteiger partial charge in [0.1, 0.15) is 16.5 Å². The summed E-state index contributed by atoms with van der Waals surface area (Å²) >= 11 is 1.36. The molecule has 0 atom stereocenters. The van der Waals surface area contributed by atoms with Gasteiger partial charge in [0.05, 0.1) is 6.20 Å². The number of nitrogens with two attached hydrogens (primary N) is 1. The second kappa shape index (κ2) is 3.77. The van der Waals surface area contributed by atoms with E-state index in [-0.39, 0.29) is 5.82 Å². The van der Waals surface area contributed by atoms with Gasteiger partial charge in [0.15, 0.2) is 5.01 Å². The molecule has 0 saturated carbocycles. The normalized spacial score (nSPS) is 10.4. The van der Waals surface area contributed by atoms with Crippen LogP contribution in [-0.2, 0) is 6.54 Å². The molecule has 0 spiro atoms. The Hall–Kier alpha value is -1.40. The Labute approximate surface area is 83.6 Å². The van der Waals surface area contributed by atoms with Crippen molar-refractivity contribution >= 4 is 11.3 Å². The lowest BCUT2D eigenvalue weighted by molar-refractivity contribution is 0.622. The highest BCUT2D eigenvalue weighted by atomic mass is 32.1. The molecule has 0 unspecified atom stereocenters. The lowest BCUT2D eigenvalue weighted by atomic mass is 10.4. The van der Waals surface area contributed by atoms with Crippen molar-refractivity contribution in [2.45, 2.75) is 6.54 Å². The summed E-state index contributed by atoms with van der Waals surface area (Å²) in [5, 5.41) is 9.13. The van der Waals surface area contributed by atoms with Crippen molar-refractivity contribution in [3.05, 3.63) is 29.2 Å². The fraction of sp³-hybridized carbons (Fsp3) is 0.125. The number of nitrogens with zero attached hydrogens (tertiary/aromatic N) is 3. The van der Waals surface area contributed by atoms with Crippen molar-refractivity contribution in [2.24, 2.45) is 5.73 Å². The number of halogens is 1. The fourth-order valence-electron chi connectivity index (χ4n) is 0.942. The predicted octanol–water partition coefficient (Wildman–Crippen LogP) is 1.20. The van der Waals surface area contributed by atoms with E-state index in [1.807, 2.05) is 0 Å². The molecule has 0 amide bonds. The minimum atomic E-state index is -0.364. The minimum absolute atomic E-state index is 0.360. The van der Waals surface area contributed by atoms with E-state index in [2.05, 4.69) is 15.2 Å². The van der Waals surface area contributed by atoms with Gasteiger partial charge in [-0.2, -0.15) is 0 Å². The van der Waals surface area contributed by atoms with E-state index in [9.17, 15) is 4.39 Å². The average molecular weight is 210 g/mol. The quantitative estimate of drug-likeness (QED) is 0.808. The average Bonchev–Trinajstić information content (AvgIpc) is 2.67. The molecule has 2 aromatic rings. The zero-order chi connectivity index (χ0) is 9.97. The second-order valence-corrected chi connectivity index (χ2v) is 3.63. The first-order valence-corrected chi connectivity index (χ1v) is 4.75. The van der Waals surface area contributed by atoms with E-state index >= 15 is 0 Å². The highest BCUT2D eigenvalue weighted by Crippen LogP contribution is 2.20. The molecule has 14 heavy (non-hydrogen) atoms. The van der Waals surface area contributed by atoms with Crippen molar-refractivity contribution in [3.63, 3.8) is 0 Å². The Bertz CT molecular complexity index is 425. The topological polar surface area (TPSA) is 64.7 Å². The van der Waals surface area contributed by atoms with Gasteiger partial charge in [0.2, 0.25) is 0 Å². The number of hydrogen-bond acceptors (Lipinski definition) is 5. The highest BCUT2D eigenvalue weighted by molar-refractivity contribution is 7.14. The number of hydrogen-bond donors (Lipinski definition) is 1. The van der Waals surface area contributed by atoms with Crippen LogP contribution in [0, 0.1) is 5.82 Å². The Morgan fingerprint density at radius 3 is 2.79 bits per heavy atom. The monoisotopic (exact) mass is 210 g/mol. The summed E-state index contributed by atoms with van der Waals surface area (Å²) in [5.74, 6) is -0.364. The van der Waals surface area contributed by atoms with E-state index in [1.165, 1.54) is 17.4 Å². The van der Waals surface area contributed by atoms with Crippen molar-refractivity contribution in [3.8, 4) is 10.7 Å². The van der Waals surface area contributed by atoms with Gasteiger partial charge in [-0.15, -0.1) is 10.2 Å². The largest absolute Gasteiger partial charge is 0.324 e. The molecule has 72 valence electrons. The Morgan fingerprint density at radius 1 is 1.36 bits per heavy atom. The molecular weight excluding hydrogens is 203 g/mol. The third-order valence-electron chi connectivity index (χ3n) is 1.59. The third kappa shape index (κ3) is 1.75. The Kier molecular flexibility index (Phi) is 2.47. The molecule has 0 radical (unpaired) electrons. The summed E-state index contributed by atoms with van der Waals surface area (Å²) in [4.78, 5) is 3.89. The first-order chi connectivity index (χ1) is 6.79. The van der Waals surface area contributed by atoms with E-state index < -0.39 is 0 Å². The van der Waals surface area contributed by atoms with Crippen LogP contribution in [0.3, 0.4) is 0 Å². The Morgan fingerprint density at radius 2 is 2.21 bits per heavy atom. The molecule has 0 saturated heterocycles. The molecule has 2 heterocycles. The van der Waals surface area contributed by atoms with Gasteiger partial charge in [0, 0.05) is 6.54 Å². The first kappa shape index (κ1) is 9.17. The molecule has 2 aromatic heterocycles. The van der Waals surface area contributed by atoms with Crippen LogP contribution in [0.2, 0.25) is 0 Å². The molecule has 0 fully saturated rings. The summed E-state index contributed by atoms with van der Waals surface area (Å²) in [6.45, 7) is 0.360. The molecule has 0 aliphatic rings. The van der Waals surface area contributed by atoms with Crippen molar-refractivity contribution in [1.29, 1.82) is 0 Å². The molecule has 0 bridgehead atoms. The zero-order valence-electron chi connectivity index (χ0n) is 7.14. The van der Waals surface area contributed by atoms with Gasteiger partial charge in [-0.3, -0.25) is 4.98 Å². The maximum absolute atomic E-state index is 12.6. The van der Waals surface area contributed by atoms with Crippen LogP contribution in [0.1, 0.15) is 5.01 Å². The maximum Gasteiger partial charge on any atom is 0.166 e. The van der Waals surface area contributed by atoms with Crippen LogP contribution in [0.15, 0.2) is 18.3 Å². The lowest BCUT2D eigenvalue weighted by Gasteiger charge is -1.92. The third-order valence-corrected chi connectivity index (χ3v) is 2.56. The molecule has 2 rings (SSSR count). The maximum atomic E-state index is 12.6. The summed E-state index contributed by atoms with van der Waals surface area (Å²) in [6, 6.07) is 2.90. The zero-order valence-corrected chi connectivity index (χ0v) is 7.96. The lowest BCUT2D eigenvalue weighted by Crippen LogP contribution is -1.94. The second-order valence-electron chi connectivity index (χ2n) is 2.57. The summed E-state index contributed by atoms with van der Waals surface area (Å²) in [5.41, 5.74) is 6.01. The number of aromatic nitrogens is 3. The summed E-state index contributed by atoms with van der Waals surface area (Å²) < 4.78 is 12.6. The molecule has 6 heteroatoms. The minimum Gasteiger partial charge on any atom is -0.324 e. The van der Waals surface area contributed by atoms with E-state index in [0.29, 0.717) is 17.2 Å². The summed E-state index contributed by atoms with van der Waals surface area (Å²) in [6.07, 6.45) is 1.15. The van der Waals surface area contributed by atoms with Crippen LogP contribution in [0.25, 0.3) is 10.7 Å². The smallest absolute Gasteiger partial charge is 0.166 e. The summed E-state index contributed by atoms with van der Waals surface area (Å²) in [7, 11) is 0. The molecule has 4 nitrogen and oxygen atoms in total. The molecular formula is C8H7FN4S. The number of pyridine rings is 1. The van der Waals surface area contributed by atoms with Crippen LogP contribution in [-0.4, -0.2) is 15.2 Å².